The Morgan fingerprint density at radius 2 is 2.06 bits per heavy atom. The van der Waals surface area contributed by atoms with E-state index in [1.165, 1.54) is 24.0 Å². The molecule has 2 rings (SSSR count). The van der Waals surface area contributed by atoms with Crippen LogP contribution < -0.4 is 4.74 Å². The molecule has 94 valence electrons. The van der Waals surface area contributed by atoms with Crippen molar-refractivity contribution in [2.24, 2.45) is 5.92 Å². The molecule has 0 bridgehead atoms. The van der Waals surface area contributed by atoms with Crippen molar-refractivity contribution in [2.75, 3.05) is 12.9 Å². The fourth-order valence-electron chi connectivity index (χ4n) is 1.51. The highest BCUT2D eigenvalue weighted by atomic mass is 32.1. The van der Waals surface area contributed by atoms with Crippen LogP contribution in [0, 0.1) is 12.8 Å². The molecule has 0 N–H and O–H groups in total. The zero-order valence-corrected chi connectivity index (χ0v) is 11.9. The molecule has 1 nitrogen and oxygen atoms in total. The molecule has 0 heterocycles. The van der Waals surface area contributed by atoms with Gasteiger partial charge in [0.1, 0.15) is 5.75 Å². The van der Waals surface area contributed by atoms with Gasteiger partial charge in [-0.25, -0.2) is 0 Å². The van der Waals surface area contributed by atoms with E-state index in [-0.39, 0.29) is 0 Å². The topological polar surface area (TPSA) is 9.23 Å². The number of rotatable bonds is 4. The second kappa shape index (κ2) is 6.75. The van der Waals surface area contributed by atoms with Gasteiger partial charge in [0.25, 0.3) is 0 Å². The van der Waals surface area contributed by atoms with Crippen LogP contribution in [0.1, 0.15) is 30.9 Å². The average molecular weight is 250 g/mol. The van der Waals surface area contributed by atoms with Crippen molar-refractivity contribution >= 4 is 18.2 Å². The van der Waals surface area contributed by atoms with Crippen molar-refractivity contribution in [3.05, 3.63) is 35.9 Å². The van der Waals surface area contributed by atoms with Gasteiger partial charge in [-0.1, -0.05) is 24.3 Å². The van der Waals surface area contributed by atoms with E-state index in [0.717, 1.165) is 23.8 Å². The molecular formula is C15H22OS. The highest BCUT2D eigenvalue weighted by Gasteiger charge is 2.22. The smallest absolute Gasteiger partial charge is 0.122 e. The van der Waals surface area contributed by atoms with E-state index < -0.39 is 0 Å². The van der Waals surface area contributed by atoms with Gasteiger partial charge in [0, 0.05) is 0 Å². The lowest BCUT2D eigenvalue weighted by Crippen LogP contribution is -2.00. The minimum atomic E-state index is 0.804. The Labute approximate surface area is 110 Å². The maximum atomic E-state index is 5.81. The summed E-state index contributed by atoms with van der Waals surface area (Å²) in [6.45, 7) is 8.93. The number of hydrogen-bond acceptors (Lipinski definition) is 2. The Hall–Kier alpha value is -0.890. The molecule has 0 aliphatic heterocycles. The lowest BCUT2D eigenvalue weighted by Gasteiger charge is -2.10. The fourth-order valence-corrected chi connectivity index (χ4v) is 1.51. The van der Waals surface area contributed by atoms with Gasteiger partial charge in [0.2, 0.25) is 0 Å². The molecule has 1 saturated carbocycles. The molecule has 2 heteroatoms. The van der Waals surface area contributed by atoms with Crippen molar-refractivity contribution in [1.29, 1.82) is 0 Å². The van der Waals surface area contributed by atoms with Crippen LogP contribution in [0.25, 0.3) is 5.57 Å². The first kappa shape index (κ1) is 14.2. The number of thiol groups is 1. The summed E-state index contributed by atoms with van der Waals surface area (Å²) in [4.78, 5) is 0. The van der Waals surface area contributed by atoms with E-state index in [9.17, 15) is 0 Å². The second-order valence-corrected chi connectivity index (χ2v) is 4.51. The Balaban J connectivity index is 0.000000686. The Bertz CT molecular complexity index is 381. The van der Waals surface area contributed by atoms with Crippen molar-refractivity contribution < 1.29 is 4.74 Å². The number of benzene rings is 1. The van der Waals surface area contributed by atoms with E-state index in [1.54, 1.807) is 6.26 Å². The van der Waals surface area contributed by atoms with E-state index in [0.29, 0.717) is 0 Å². The standard InChI is InChI=1S/C14H18O.CH4S/c1-10(2)13-7-4-11(3)14(8-13)15-9-12-5-6-12;1-2/h4,7-8,12H,1,5-6,9H2,2-3H3;2H,1H3. The largest absolute Gasteiger partial charge is 0.493 e. The zero-order chi connectivity index (χ0) is 12.8. The molecule has 0 amide bonds. The normalized spacial score (nSPS) is 13.6. The van der Waals surface area contributed by atoms with Crippen LogP contribution in [-0.2, 0) is 0 Å². The minimum absolute atomic E-state index is 0.804. The van der Waals surface area contributed by atoms with Crippen molar-refractivity contribution in [3.8, 4) is 5.75 Å². The van der Waals surface area contributed by atoms with Crippen molar-refractivity contribution in [3.63, 3.8) is 0 Å². The van der Waals surface area contributed by atoms with Crippen molar-refractivity contribution in [2.45, 2.75) is 26.7 Å². The molecule has 17 heavy (non-hydrogen) atoms. The van der Waals surface area contributed by atoms with Gasteiger partial charge in [0.15, 0.2) is 0 Å². The first-order valence-corrected chi connectivity index (χ1v) is 6.90. The third kappa shape index (κ3) is 4.47. The van der Waals surface area contributed by atoms with Gasteiger partial charge in [-0.2, -0.15) is 12.6 Å². The number of hydrogen-bond donors (Lipinski definition) is 1. The van der Waals surface area contributed by atoms with Crippen LogP contribution in [0.3, 0.4) is 0 Å². The summed E-state index contributed by atoms with van der Waals surface area (Å²) in [6, 6.07) is 6.30. The van der Waals surface area contributed by atoms with E-state index in [1.807, 2.05) is 6.92 Å². The zero-order valence-electron chi connectivity index (χ0n) is 11.0. The molecule has 0 atom stereocenters. The van der Waals surface area contributed by atoms with Crippen LogP contribution in [0.2, 0.25) is 0 Å². The molecule has 1 aliphatic carbocycles. The Morgan fingerprint density at radius 3 is 2.59 bits per heavy atom. The first-order valence-electron chi connectivity index (χ1n) is 6.01. The maximum Gasteiger partial charge on any atom is 0.122 e. The summed E-state index contributed by atoms with van der Waals surface area (Å²) >= 11 is 3.53. The molecule has 0 spiro atoms. The summed E-state index contributed by atoms with van der Waals surface area (Å²) in [7, 11) is 0. The quantitative estimate of drug-likeness (QED) is 0.781. The molecule has 1 aromatic rings. The summed E-state index contributed by atoms with van der Waals surface area (Å²) < 4.78 is 5.81. The molecule has 1 aromatic carbocycles. The fraction of sp³-hybridized carbons (Fsp3) is 0.467. The molecule has 0 saturated heterocycles. The highest BCUT2D eigenvalue weighted by molar-refractivity contribution is 7.79. The molecule has 0 radical (unpaired) electrons. The SMILES string of the molecule is C=C(C)c1ccc(C)c(OCC2CC2)c1.CS. The van der Waals surface area contributed by atoms with Gasteiger partial charge in [-0.05, 0) is 56.1 Å². The third-order valence-electron chi connectivity index (χ3n) is 2.85. The number of aryl methyl sites for hydroxylation is 1. The summed E-state index contributed by atoms with van der Waals surface area (Å²) in [5.41, 5.74) is 3.47. The number of ether oxygens (including phenoxy) is 1. The first-order chi connectivity index (χ1) is 8.16. The lowest BCUT2D eigenvalue weighted by atomic mass is 10.1. The Kier molecular flexibility index (Phi) is 5.63. The van der Waals surface area contributed by atoms with E-state index in [4.69, 9.17) is 4.74 Å². The predicted octanol–water partition coefficient (Wildman–Crippen LogP) is 4.36. The van der Waals surface area contributed by atoms with Gasteiger partial charge >= 0.3 is 0 Å². The minimum Gasteiger partial charge on any atom is -0.493 e. The van der Waals surface area contributed by atoms with Crippen LogP contribution in [0.4, 0.5) is 0 Å². The van der Waals surface area contributed by atoms with Gasteiger partial charge < -0.3 is 4.74 Å². The van der Waals surface area contributed by atoms with Crippen LogP contribution in [-0.4, -0.2) is 12.9 Å². The summed E-state index contributed by atoms with van der Waals surface area (Å²) in [5.74, 6) is 1.82. The summed E-state index contributed by atoms with van der Waals surface area (Å²) in [5, 5.41) is 0. The monoisotopic (exact) mass is 250 g/mol. The molecule has 1 aliphatic rings. The molecule has 1 fully saturated rings. The predicted molar refractivity (Wildman–Crippen MR) is 79.0 cm³/mol. The van der Waals surface area contributed by atoms with Gasteiger partial charge in [-0.3, -0.25) is 0 Å². The molecule has 0 aromatic heterocycles. The van der Waals surface area contributed by atoms with Crippen molar-refractivity contribution in [1.82, 2.24) is 0 Å². The van der Waals surface area contributed by atoms with Gasteiger partial charge in [0.05, 0.1) is 6.61 Å². The molecular weight excluding hydrogens is 228 g/mol. The van der Waals surface area contributed by atoms with E-state index >= 15 is 0 Å². The van der Waals surface area contributed by atoms with E-state index in [2.05, 4.69) is 44.3 Å². The lowest BCUT2D eigenvalue weighted by molar-refractivity contribution is 0.298. The molecule has 0 unspecified atom stereocenters. The van der Waals surface area contributed by atoms with Crippen LogP contribution >= 0.6 is 12.6 Å². The second-order valence-electron chi connectivity index (χ2n) is 4.51. The van der Waals surface area contributed by atoms with Crippen LogP contribution in [0.5, 0.6) is 5.75 Å². The maximum absolute atomic E-state index is 5.81. The van der Waals surface area contributed by atoms with Gasteiger partial charge in [-0.15, -0.1) is 0 Å². The number of allylic oxidation sites excluding steroid dienone is 1. The van der Waals surface area contributed by atoms with Crippen LogP contribution in [0.15, 0.2) is 24.8 Å². The third-order valence-corrected chi connectivity index (χ3v) is 2.85. The Morgan fingerprint density at radius 1 is 1.41 bits per heavy atom. The average Bonchev–Trinajstić information content (AvgIpc) is 3.14. The summed E-state index contributed by atoms with van der Waals surface area (Å²) in [6.07, 6.45) is 4.36. The highest BCUT2D eigenvalue weighted by Crippen LogP contribution is 2.31.